The number of likely N-dealkylation sites (N-methyl/N-ethyl adjacent to an activating group) is 1. The summed E-state index contributed by atoms with van der Waals surface area (Å²) in [6, 6.07) is -0.840. The van der Waals surface area contributed by atoms with Crippen molar-refractivity contribution in [2.75, 3.05) is 26.2 Å². The maximum atomic E-state index is 12.0. The minimum atomic E-state index is -0.995. The highest BCUT2D eigenvalue weighted by Crippen LogP contribution is 2.08. The van der Waals surface area contributed by atoms with Gasteiger partial charge in [-0.3, -0.25) is 9.69 Å². The standard InChI is InChI=1S/C13H24N2O4/c1-4-15-5-6-19-11(8-15)12(16)14-10(13(17)18)7-9(2)3/h9-11H,4-8H2,1-3H3,(H,14,16)(H,17,18)/t10-,11?/m1/s1. The molecule has 0 saturated carbocycles. The zero-order chi connectivity index (χ0) is 14.4. The molecule has 1 saturated heterocycles. The van der Waals surface area contributed by atoms with E-state index in [1.807, 2.05) is 20.8 Å². The van der Waals surface area contributed by atoms with Gasteiger partial charge < -0.3 is 15.2 Å². The molecule has 0 radical (unpaired) electrons. The van der Waals surface area contributed by atoms with Crippen molar-refractivity contribution in [3.05, 3.63) is 0 Å². The monoisotopic (exact) mass is 272 g/mol. The number of nitrogens with zero attached hydrogens (tertiary/aromatic N) is 1. The molecule has 0 bridgehead atoms. The molecule has 110 valence electrons. The van der Waals surface area contributed by atoms with Gasteiger partial charge >= 0.3 is 5.97 Å². The highest BCUT2D eigenvalue weighted by molar-refractivity contribution is 5.86. The Morgan fingerprint density at radius 1 is 1.47 bits per heavy atom. The summed E-state index contributed by atoms with van der Waals surface area (Å²) >= 11 is 0. The number of amides is 1. The fourth-order valence-electron chi connectivity index (χ4n) is 2.11. The molecular weight excluding hydrogens is 248 g/mol. The number of carbonyl (C=O) groups is 2. The molecule has 1 aliphatic rings. The van der Waals surface area contributed by atoms with E-state index in [0.29, 0.717) is 19.6 Å². The molecule has 6 heteroatoms. The van der Waals surface area contributed by atoms with E-state index in [9.17, 15) is 9.59 Å². The summed E-state index contributed by atoms with van der Waals surface area (Å²) in [5, 5.41) is 11.7. The topological polar surface area (TPSA) is 78.9 Å². The van der Waals surface area contributed by atoms with Gasteiger partial charge in [-0.2, -0.15) is 0 Å². The minimum Gasteiger partial charge on any atom is -0.480 e. The minimum absolute atomic E-state index is 0.209. The van der Waals surface area contributed by atoms with E-state index in [4.69, 9.17) is 9.84 Å². The van der Waals surface area contributed by atoms with Crippen LogP contribution in [0.1, 0.15) is 27.2 Å². The number of hydrogen-bond acceptors (Lipinski definition) is 4. The molecule has 0 aliphatic carbocycles. The van der Waals surface area contributed by atoms with Crippen molar-refractivity contribution in [2.24, 2.45) is 5.92 Å². The molecule has 0 spiro atoms. The van der Waals surface area contributed by atoms with Crippen LogP contribution in [0.15, 0.2) is 0 Å². The highest BCUT2D eigenvalue weighted by atomic mass is 16.5. The Morgan fingerprint density at radius 3 is 2.68 bits per heavy atom. The third-order valence-electron chi connectivity index (χ3n) is 3.21. The smallest absolute Gasteiger partial charge is 0.326 e. The molecule has 2 atom stereocenters. The van der Waals surface area contributed by atoms with Crippen molar-refractivity contribution in [3.63, 3.8) is 0 Å². The summed E-state index contributed by atoms with van der Waals surface area (Å²) in [6.45, 7) is 8.59. The van der Waals surface area contributed by atoms with E-state index in [1.165, 1.54) is 0 Å². The summed E-state index contributed by atoms with van der Waals surface area (Å²) in [5.41, 5.74) is 0. The number of hydrogen-bond donors (Lipinski definition) is 2. The molecule has 0 aromatic rings. The second-order valence-corrected chi connectivity index (χ2v) is 5.28. The largest absolute Gasteiger partial charge is 0.480 e. The van der Waals surface area contributed by atoms with Crippen LogP contribution in [-0.2, 0) is 14.3 Å². The summed E-state index contributed by atoms with van der Waals surface area (Å²) in [4.78, 5) is 25.3. The molecular formula is C13H24N2O4. The lowest BCUT2D eigenvalue weighted by molar-refractivity contribution is -0.147. The first-order valence-corrected chi connectivity index (χ1v) is 6.81. The second-order valence-electron chi connectivity index (χ2n) is 5.28. The van der Waals surface area contributed by atoms with Gasteiger partial charge in [0.05, 0.1) is 6.61 Å². The third kappa shape index (κ3) is 5.16. The first kappa shape index (κ1) is 15.9. The average molecular weight is 272 g/mol. The first-order valence-electron chi connectivity index (χ1n) is 6.81. The first-order chi connectivity index (χ1) is 8.93. The Bertz CT molecular complexity index is 320. The van der Waals surface area contributed by atoms with Crippen LogP contribution >= 0.6 is 0 Å². The third-order valence-corrected chi connectivity index (χ3v) is 3.21. The lowest BCUT2D eigenvalue weighted by Crippen LogP contribution is -2.53. The van der Waals surface area contributed by atoms with Crippen LogP contribution in [0.3, 0.4) is 0 Å². The number of aliphatic carboxylic acids is 1. The SMILES string of the molecule is CCN1CCOC(C(=O)N[C@H](CC(C)C)C(=O)O)C1. The number of carboxylic acids is 1. The molecule has 1 fully saturated rings. The summed E-state index contributed by atoms with van der Waals surface area (Å²) < 4.78 is 5.41. The van der Waals surface area contributed by atoms with Crippen molar-refractivity contribution in [1.29, 1.82) is 0 Å². The van der Waals surface area contributed by atoms with Crippen molar-refractivity contribution >= 4 is 11.9 Å². The number of ether oxygens (including phenoxy) is 1. The van der Waals surface area contributed by atoms with Gasteiger partial charge in [0.25, 0.3) is 5.91 Å². The Hall–Kier alpha value is -1.14. The number of rotatable bonds is 6. The van der Waals surface area contributed by atoms with E-state index in [0.717, 1.165) is 13.1 Å². The fraction of sp³-hybridized carbons (Fsp3) is 0.846. The molecule has 1 aliphatic heterocycles. The molecule has 1 unspecified atom stereocenters. The Labute approximate surface area is 114 Å². The summed E-state index contributed by atoms with van der Waals surface area (Å²) in [5.74, 6) is -1.11. The van der Waals surface area contributed by atoms with Gasteiger partial charge in [0.15, 0.2) is 0 Å². The average Bonchev–Trinajstić information content (AvgIpc) is 2.37. The predicted molar refractivity (Wildman–Crippen MR) is 70.9 cm³/mol. The zero-order valence-corrected chi connectivity index (χ0v) is 11.9. The molecule has 0 aromatic heterocycles. The van der Waals surface area contributed by atoms with Crippen LogP contribution in [0.5, 0.6) is 0 Å². The van der Waals surface area contributed by atoms with E-state index >= 15 is 0 Å². The molecule has 19 heavy (non-hydrogen) atoms. The summed E-state index contributed by atoms with van der Waals surface area (Å²) in [7, 11) is 0. The Morgan fingerprint density at radius 2 is 2.16 bits per heavy atom. The van der Waals surface area contributed by atoms with Crippen molar-refractivity contribution < 1.29 is 19.4 Å². The molecule has 1 amide bonds. The van der Waals surface area contributed by atoms with Crippen LogP contribution in [0.2, 0.25) is 0 Å². The van der Waals surface area contributed by atoms with Crippen LogP contribution in [0.4, 0.5) is 0 Å². The predicted octanol–water partition coefficient (Wildman–Crippen LogP) is 0.323. The lowest BCUT2D eigenvalue weighted by atomic mass is 10.0. The Kier molecular flexibility index (Phi) is 6.24. The number of carbonyl (C=O) groups excluding carboxylic acids is 1. The summed E-state index contributed by atoms with van der Waals surface area (Å²) in [6.07, 6.45) is -0.145. The van der Waals surface area contributed by atoms with Gasteiger partial charge in [0.2, 0.25) is 0 Å². The van der Waals surface area contributed by atoms with E-state index in [2.05, 4.69) is 10.2 Å². The quantitative estimate of drug-likeness (QED) is 0.728. The van der Waals surface area contributed by atoms with Gasteiger partial charge in [-0.15, -0.1) is 0 Å². The van der Waals surface area contributed by atoms with Gasteiger partial charge in [0.1, 0.15) is 12.1 Å². The van der Waals surface area contributed by atoms with Gasteiger partial charge in [0, 0.05) is 13.1 Å². The van der Waals surface area contributed by atoms with Gasteiger partial charge in [-0.1, -0.05) is 20.8 Å². The molecule has 1 heterocycles. The van der Waals surface area contributed by atoms with Crippen LogP contribution in [0, 0.1) is 5.92 Å². The molecule has 0 aromatic carbocycles. The number of nitrogens with one attached hydrogen (secondary N) is 1. The van der Waals surface area contributed by atoms with E-state index in [-0.39, 0.29) is 11.8 Å². The van der Waals surface area contributed by atoms with Gasteiger partial charge in [-0.05, 0) is 18.9 Å². The lowest BCUT2D eigenvalue weighted by Gasteiger charge is -2.31. The van der Waals surface area contributed by atoms with Crippen molar-refractivity contribution in [3.8, 4) is 0 Å². The molecule has 6 nitrogen and oxygen atoms in total. The van der Waals surface area contributed by atoms with Crippen molar-refractivity contribution in [2.45, 2.75) is 39.3 Å². The highest BCUT2D eigenvalue weighted by Gasteiger charge is 2.29. The van der Waals surface area contributed by atoms with Gasteiger partial charge in [-0.25, -0.2) is 4.79 Å². The van der Waals surface area contributed by atoms with Crippen molar-refractivity contribution in [1.82, 2.24) is 10.2 Å². The molecule has 2 N–H and O–H groups in total. The number of carboxylic acid groups (broad SMARTS) is 1. The van der Waals surface area contributed by atoms with E-state index < -0.39 is 18.1 Å². The number of morpholine rings is 1. The van der Waals surface area contributed by atoms with Crippen LogP contribution < -0.4 is 5.32 Å². The second kappa shape index (κ2) is 7.45. The molecule has 1 rings (SSSR count). The van der Waals surface area contributed by atoms with E-state index in [1.54, 1.807) is 0 Å². The zero-order valence-electron chi connectivity index (χ0n) is 11.9. The fourth-order valence-corrected chi connectivity index (χ4v) is 2.11. The van der Waals surface area contributed by atoms with Crippen LogP contribution in [0.25, 0.3) is 0 Å². The van der Waals surface area contributed by atoms with Crippen LogP contribution in [-0.4, -0.2) is 60.3 Å². The maximum Gasteiger partial charge on any atom is 0.326 e. The maximum absolute atomic E-state index is 12.0. The Balaban J connectivity index is 2.53. The normalized spacial score (nSPS) is 22.2.